The van der Waals surface area contributed by atoms with Crippen LogP contribution in [0.5, 0.6) is 0 Å². The fraction of sp³-hybridized carbons (Fsp3) is 0.222. The fourth-order valence-electron chi connectivity index (χ4n) is 4.94. The lowest BCUT2D eigenvalue weighted by Gasteiger charge is -2.38. The van der Waals surface area contributed by atoms with Crippen LogP contribution in [0.25, 0.3) is 10.9 Å². The molecule has 0 saturated carbocycles. The molecule has 0 fully saturated rings. The smallest absolute Gasteiger partial charge is 0.255 e. The van der Waals surface area contributed by atoms with E-state index in [2.05, 4.69) is 12.0 Å². The number of benzene rings is 2. The number of carbonyl (C=O) groups excluding carboxylic acids is 2. The normalized spacial score (nSPS) is 18.4. The van der Waals surface area contributed by atoms with Crippen LogP contribution >= 0.6 is 0 Å². The third kappa shape index (κ3) is 3.67. The number of ketones is 1. The van der Waals surface area contributed by atoms with E-state index in [1.54, 1.807) is 10.6 Å². The molecule has 1 aromatic heterocycles. The maximum Gasteiger partial charge on any atom is 0.255 e. The van der Waals surface area contributed by atoms with E-state index in [0.29, 0.717) is 42.6 Å². The maximum atomic E-state index is 13.6. The van der Waals surface area contributed by atoms with E-state index in [1.807, 2.05) is 60.7 Å². The van der Waals surface area contributed by atoms with Crippen molar-refractivity contribution in [3.8, 4) is 0 Å². The number of amides is 1. The Labute approximate surface area is 191 Å². The van der Waals surface area contributed by atoms with E-state index in [9.17, 15) is 14.4 Å². The number of nitrogens with one attached hydrogen (secondary N) is 1. The van der Waals surface area contributed by atoms with Crippen molar-refractivity contribution in [3.05, 3.63) is 101 Å². The summed E-state index contributed by atoms with van der Waals surface area (Å²) in [6.07, 6.45) is 3.47. The molecule has 0 bridgehead atoms. The minimum absolute atomic E-state index is 0.0106. The number of hydrazine groups is 1. The van der Waals surface area contributed by atoms with Gasteiger partial charge >= 0.3 is 0 Å². The van der Waals surface area contributed by atoms with E-state index in [0.717, 1.165) is 16.6 Å². The molecule has 1 aliphatic heterocycles. The van der Waals surface area contributed by atoms with E-state index >= 15 is 0 Å². The van der Waals surface area contributed by atoms with Gasteiger partial charge in [0.1, 0.15) is 0 Å². The van der Waals surface area contributed by atoms with Gasteiger partial charge in [-0.1, -0.05) is 42.5 Å². The van der Waals surface area contributed by atoms with Gasteiger partial charge in [0, 0.05) is 36.4 Å². The molecule has 1 N–H and O–H groups in total. The predicted octanol–water partition coefficient (Wildman–Crippen LogP) is 4.54. The quantitative estimate of drug-likeness (QED) is 0.593. The Bertz CT molecular complexity index is 1350. The highest BCUT2D eigenvalue weighted by Gasteiger charge is 2.40. The Morgan fingerprint density at radius 3 is 2.55 bits per heavy atom. The highest BCUT2D eigenvalue weighted by atomic mass is 16.2. The average molecular weight is 440 g/mol. The summed E-state index contributed by atoms with van der Waals surface area (Å²) in [4.78, 5) is 40.0. The molecule has 2 aliphatic rings. The highest BCUT2D eigenvalue weighted by Crippen LogP contribution is 2.41. The molecule has 2 aromatic carbocycles. The fourth-order valence-corrected chi connectivity index (χ4v) is 4.94. The summed E-state index contributed by atoms with van der Waals surface area (Å²) in [5.41, 5.74) is 6.33. The zero-order valence-corrected chi connectivity index (χ0v) is 18.3. The molecule has 1 amide bonds. The molecule has 1 atom stereocenters. The second-order valence-corrected chi connectivity index (χ2v) is 8.46. The van der Waals surface area contributed by atoms with Crippen LogP contribution in [0.2, 0.25) is 0 Å². The molecule has 0 radical (unpaired) electrons. The van der Waals surface area contributed by atoms with Gasteiger partial charge in [0.2, 0.25) is 5.91 Å². The number of pyridine rings is 1. The van der Waals surface area contributed by atoms with Crippen LogP contribution in [0.15, 0.2) is 89.4 Å². The molecular weight excluding hydrogens is 414 g/mol. The minimum atomic E-state index is -0.553. The van der Waals surface area contributed by atoms with Crippen molar-refractivity contribution in [2.75, 3.05) is 5.43 Å². The first-order valence-corrected chi connectivity index (χ1v) is 11.2. The number of fused-ring (bicyclic) bond motifs is 1. The third-order valence-corrected chi connectivity index (χ3v) is 6.41. The van der Waals surface area contributed by atoms with Gasteiger partial charge in [-0.15, -0.1) is 6.58 Å². The van der Waals surface area contributed by atoms with Crippen LogP contribution in [0.3, 0.4) is 0 Å². The number of aromatic nitrogens is 1. The van der Waals surface area contributed by atoms with Crippen molar-refractivity contribution in [1.82, 2.24) is 9.58 Å². The lowest BCUT2D eigenvalue weighted by molar-refractivity contribution is -0.130. The van der Waals surface area contributed by atoms with E-state index in [4.69, 9.17) is 0 Å². The van der Waals surface area contributed by atoms with Crippen molar-refractivity contribution >= 4 is 28.3 Å². The molecular formula is C27H25N3O3. The summed E-state index contributed by atoms with van der Waals surface area (Å²) in [7, 11) is 0. The Balaban J connectivity index is 1.67. The number of anilines is 1. The Morgan fingerprint density at radius 1 is 1.00 bits per heavy atom. The SMILES string of the molecule is C=CCn1c(=O)c(C2CC(=O)N(Nc3ccccc3)C3=C2C(=O)CCC3)cc2ccccc21. The molecule has 6 heteroatoms. The van der Waals surface area contributed by atoms with Gasteiger partial charge in [0.05, 0.1) is 16.9 Å². The largest absolute Gasteiger partial charge is 0.304 e. The molecule has 3 aromatic rings. The molecule has 6 nitrogen and oxygen atoms in total. The highest BCUT2D eigenvalue weighted by molar-refractivity contribution is 6.02. The van der Waals surface area contributed by atoms with Crippen molar-refractivity contribution in [2.45, 2.75) is 38.1 Å². The monoisotopic (exact) mass is 439 g/mol. The molecule has 166 valence electrons. The number of rotatable bonds is 5. The van der Waals surface area contributed by atoms with Crippen LogP contribution in [0.1, 0.15) is 37.2 Å². The van der Waals surface area contributed by atoms with Crippen molar-refractivity contribution in [3.63, 3.8) is 0 Å². The van der Waals surface area contributed by atoms with E-state index in [-0.39, 0.29) is 23.7 Å². The van der Waals surface area contributed by atoms with Crippen LogP contribution in [0, 0.1) is 0 Å². The molecule has 0 spiro atoms. The second kappa shape index (κ2) is 8.54. The van der Waals surface area contributed by atoms with E-state index < -0.39 is 5.92 Å². The van der Waals surface area contributed by atoms with Crippen LogP contribution in [-0.2, 0) is 16.1 Å². The van der Waals surface area contributed by atoms with Crippen molar-refractivity contribution in [2.24, 2.45) is 0 Å². The van der Waals surface area contributed by atoms with Crippen LogP contribution in [-0.4, -0.2) is 21.3 Å². The molecule has 0 saturated heterocycles. The molecule has 1 unspecified atom stereocenters. The summed E-state index contributed by atoms with van der Waals surface area (Å²) in [5.74, 6) is -0.695. The first-order valence-electron chi connectivity index (χ1n) is 11.2. The standard InChI is InChI=1S/C27H25N3O3/c1-2-15-29-22-12-7-6-9-18(22)16-21(27(29)33)20-17-25(32)30(28-19-10-4-3-5-11-19)23-13-8-14-24(31)26(20)23/h2-7,9-12,16,20,28H,1,8,13-15,17H2. The Hall–Kier alpha value is -3.93. The van der Waals surface area contributed by atoms with Gasteiger partial charge in [0.15, 0.2) is 5.78 Å². The van der Waals surface area contributed by atoms with Crippen molar-refractivity contribution < 1.29 is 9.59 Å². The van der Waals surface area contributed by atoms with Gasteiger partial charge in [0.25, 0.3) is 5.56 Å². The van der Waals surface area contributed by atoms with Gasteiger partial charge in [-0.25, -0.2) is 5.01 Å². The first-order chi connectivity index (χ1) is 16.1. The Morgan fingerprint density at radius 2 is 1.76 bits per heavy atom. The van der Waals surface area contributed by atoms with Crippen LogP contribution < -0.4 is 11.0 Å². The zero-order chi connectivity index (χ0) is 22.9. The molecule has 1 aliphatic carbocycles. The van der Waals surface area contributed by atoms with Gasteiger partial charge in [-0.05, 0) is 42.5 Å². The third-order valence-electron chi connectivity index (χ3n) is 6.41. The molecule has 33 heavy (non-hydrogen) atoms. The molecule has 2 heterocycles. The van der Waals surface area contributed by atoms with Gasteiger partial charge in [-0.2, -0.15) is 0 Å². The van der Waals surface area contributed by atoms with Gasteiger partial charge in [-0.3, -0.25) is 19.8 Å². The number of nitrogens with zero attached hydrogens (tertiary/aromatic N) is 2. The zero-order valence-electron chi connectivity index (χ0n) is 18.3. The summed E-state index contributed by atoms with van der Waals surface area (Å²) in [5, 5.41) is 2.42. The first kappa shape index (κ1) is 20.9. The Kier molecular flexibility index (Phi) is 5.42. The predicted molar refractivity (Wildman–Crippen MR) is 129 cm³/mol. The average Bonchev–Trinajstić information content (AvgIpc) is 2.83. The summed E-state index contributed by atoms with van der Waals surface area (Å²) in [6.45, 7) is 4.15. The number of para-hydroxylation sites is 2. The summed E-state index contributed by atoms with van der Waals surface area (Å²) < 4.78 is 1.67. The van der Waals surface area contributed by atoms with Gasteiger partial charge < -0.3 is 4.57 Å². The van der Waals surface area contributed by atoms with Crippen molar-refractivity contribution in [1.29, 1.82) is 0 Å². The number of carbonyl (C=O) groups is 2. The lowest BCUT2D eigenvalue weighted by atomic mass is 9.77. The number of Topliss-reactive ketones (excluding diaryl/α,β-unsaturated/α-hetero) is 1. The minimum Gasteiger partial charge on any atom is -0.304 e. The number of allylic oxidation sites excluding steroid dienone is 3. The van der Waals surface area contributed by atoms with Crippen LogP contribution in [0.4, 0.5) is 5.69 Å². The summed E-state index contributed by atoms with van der Waals surface area (Å²) >= 11 is 0. The lowest BCUT2D eigenvalue weighted by Crippen LogP contribution is -2.44. The maximum absolute atomic E-state index is 13.6. The summed E-state index contributed by atoms with van der Waals surface area (Å²) in [6, 6.07) is 18.9. The number of hydrogen-bond acceptors (Lipinski definition) is 4. The topological polar surface area (TPSA) is 71.4 Å². The second-order valence-electron chi connectivity index (χ2n) is 8.46. The number of hydrogen-bond donors (Lipinski definition) is 1. The molecule has 5 rings (SSSR count). The van der Waals surface area contributed by atoms with E-state index in [1.165, 1.54) is 5.01 Å².